The van der Waals surface area contributed by atoms with Crippen molar-refractivity contribution < 1.29 is 19.1 Å². The summed E-state index contributed by atoms with van der Waals surface area (Å²) >= 11 is 6.45. The van der Waals surface area contributed by atoms with E-state index < -0.39 is 11.2 Å². The minimum absolute atomic E-state index is 0.0438. The monoisotopic (exact) mass is 557 g/mol. The second-order valence-corrected chi connectivity index (χ2v) is 10.5. The summed E-state index contributed by atoms with van der Waals surface area (Å²) in [4.78, 5) is 49.2. The zero-order valence-electron chi connectivity index (χ0n) is 22.6. The van der Waals surface area contributed by atoms with E-state index in [1.54, 1.807) is 30.4 Å². The second kappa shape index (κ2) is 11.4. The molecule has 2 N–H and O–H groups in total. The number of rotatable bonds is 6. The van der Waals surface area contributed by atoms with Crippen LogP contribution in [-0.2, 0) is 16.6 Å². The molecule has 3 aromatic heterocycles. The van der Waals surface area contributed by atoms with E-state index in [9.17, 15) is 14.4 Å². The fourth-order valence-electron chi connectivity index (χ4n) is 4.01. The molecule has 0 saturated carbocycles. The number of likely N-dealkylation sites (N-methyl/N-ethyl adjacent to an activating group) is 1. The Balaban J connectivity index is 1.50. The first-order chi connectivity index (χ1) is 18.4. The van der Waals surface area contributed by atoms with Crippen molar-refractivity contribution in [2.24, 2.45) is 7.05 Å². The average molecular weight is 558 g/mol. The van der Waals surface area contributed by atoms with Crippen LogP contribution in [0.4, 0.5) is 22.0 Å². The number of pyridine rings is 3. The van der Waals surface area contributed by atoms with Crippen LogP contribution in [0.25, 0.3) is 11.0 Å². The number of nitrogens with zero attached hydrogens (tertiary/aromatic N) is 5. The average Bonchev–Trinajstić information content (AvgIpc) is 2.90. The van der Waals surface area contributed by atoms with E-state index in [0.717, 1.165) is 0 Å². The molecule has 0 atom stereocenters. The molecule has 2 amide bonds. The number of hydrogen-bond donors (Lipinski definition) is 2. The van der Waals surface area contributed by atoms with Gasteiger partial charge >= 0.3 is 6.09 Å². The number of halogens is 1. The second-order valence-electron chi connectivity index (χ2n) is 10.1. The number of carbonyl (C=O) groups excluding carboxylic acids is 2. The Morgan fingerprint density at radius 3 is 2.46 bits per heavy atom. The number of hydrogen-bond acceptors (Lipinski definition) is 9. The summed E-state index contributed by atoms with van der Waals surface area (Å²) < 4.78 is 12.3. The largest absolute Gasteiger partial charge is 0.478 e. The fourth-order valence-corrected chi connectivity index (χ4v) is 4.16. The molecule has 0 unspecified atom stereocenters. The van der Waals surface area contributed by atoms with Gasteiger partial charge in [-0.15, -0.1) is 0 Å². The normalized spacial score (nSPS) is 13.8. The molecule has 1 fully saturated rings. The highest BCUT2D eigenvalue weighted by Gasteiger charge is 2.26. The van der Waals surface area contributed by atoms with Crippen LogP contribution >= 0.6 is 11.6 Å². The molecule has 0 spiro atoms. The van der Waals surface area contributed by atoms with Crippen molar-refractivity contribution in [3.05, 3.63) is 46.0 Å². The summed E-state index contributed by atoms with van der Waals surface area (Å²) in [5.74, 6) is 0.411. The summed E-state index contributed by atoms with van der Waals surface area (Å²) in [6.45, 7) is 7.48. The molecule has 0 radical (unpaired) electrons. The number of ether oxygens (including phenoxy) is 2. The maximum atomic E-state index is 12.6. The number of aromatic nitrogens is 3. The van der Waals surface area contributed by atoms with Crippen molar-refractivity contribution in [1.29, 1.82) is 0 Å². The van der Waals surface area contributed by atoms with E-state index in [1.807, 2.05) is 32.9 Å². The van der Waals surface area contributed by atoms with E-state index in [1.165, 1.54) is 11.6 Å². The van der Waals surface area contributed by atoms with Gasteiger partial charge in [0.1, 0.15) is 17.1 Å². The van der Waals surface area contributed by atoms with Crippen LogP contribution in [0, 0.1) is 0 Å². The topological polar surface area (TPSA) is 131 Å². The molecule has 3 aromatic rings. The Kier molecular flexibility index (Phi) is 8.14. The third kappa shape index (κ3) is 6.69. The van der Waals surface area contributed by atoms with Gasteiger partial charge < -0.3 is 29.9 Å². The van der Waals surface area contributed by atoms with Gasteiger partial charge in [0.2, 0.25) is 0 Å². The zero-order valence-corrected chi connectivity index (χ0v) is 23.3. The van der Waals surface area contributed by atoms with Gasteiger partial charge in [-0.3, -0.25) is 14.2 Å². The SMILES string of the molecule is CNC(=O)COc1cc2cc(Nc3cc(N4CCN(C(=O)OC(C)(C)C)CC4)ncc3Cl)cnc2n(C)c1=O. The third-order valence-corrected chi connectivity index (χ3v) is 6.33. The van der Waals surface area contributed by atoms with Crippen LogP contribution in [0.5, 0.6) is 5.75 Å². The molecule has 12 nitrogen and oxygen atoms in total. The van der Waals surface area contributed by atoms with Gasteiger partial charge in [0.25, 0.3) is 11.5 Å². The number of nitrogens with one attached hydrogen (secondary N) is 2. The summed E-state index contributed by atoms with van der Waals surface area (Å²) in [7, 11) is 3.08. The lowest BCUT2D eigenvalue weighted by Crippen LogP contribution is -2.50. The van der Waals surface area contributed by atoms with E-state index in [-0.39, 0.29) is 24.4 Å². The minimum atomic E-state index is -0.543. The van der Waals surface area contributed by atoms with Crippen LogP contribution in [0.3, 0.4) is 0 Å². The lowest BCUT2D eigenvalue weighted by atomic mass is 10.2. The predicted octanol–water partition coefficient (Wildman–Crippen LogP) is 2.91. The Labute approximate surface area is 230 Å². The molecule has 0 bridgehead atoms. The van der Waals surface area contributed by atoms with Gasteiger partial charge in [0.15, 0.2) is 12.4 Å². The minimum Gasteiger partial charge on any atom is -0.478 e. The zero-order chi connectivity index (χ0) is 28.3. The van der Waals surface area contributed by atoms with Crippen molar-refractivity contribution in [1.82, 2.24) is 24.8 Å². The summed E-state index contributed by atoms with van der Waals surface area (Å²) in [5.41, 5.74) is 0.778. The predicted molar refractivity (Wildman–Crippen MR) is 149 cm³/mol. The van der Waals surface area contributed by atoms with Gasteiger partial charge in [0, 0.05) is 51.7 Å². The molecular formula is C26H32ClN7O5. The summed E-state index contributed by atoms with van der Waals surface area (Å²) in [6.07, 6.45) is 2.85. The molecule has 13 heteroatoms. The third-order valence-electron chi connectivity index (χ3n) is 6.03. The lowest BCUT2D eigenvalue weighted by Gasteiger charge is -2.36. The van der Waals surface area contributed by atoms with Crippen molar-refractivity contribution >= 4 is 51.8 Å². The molecule has 0 aromatic carbocycles. The Hall–Kier alpha value is -4.06. The van der Waals surface area contributed by atoms with Gasteiger partial charge in [-0.2, -0.15) is 0 Å². The molecule has 39 heavy (non-hydrogen) atoms. The van der Waals surface area contributed by atoms with Crippen molar-refractivity contribution in [2.45, 2.75) is 26.4 Å². The van der Waals surface area contributed by atoms with Crippen LogP contribution in [0.1, 0.15) is 20.8 Å². The first-order valence-corrected chi connectivity index (χ1v) is 12.8. The number of anilines is 3. The van der Waals surface area contributed by atoms with E-state index in [2.05, 4.69) is 25.5 Å². The summed E-state index contributed by atoms with van der Waals surface area (Å²) in [5, 5.41) is 6.78. The standard InChI is InChI=1S/C26H32ClN7O5/c1-26(2,3)39-25(37)34-8-6-33(7-9-34)21-12-19(18(27)14-29-21)31-17-10-16-11-20(38-15-22(35)28-4)24(36)32(5)23(16)30-13-17/h10-14H,6-9,15H2,1-5H3,(H,28,35)(H,29,31). The summed E-state index contributed by atoms with van der Waals surface area (Å²) in [6, 6.07) is 5.21. The quantitative estimate of drug-likeness (QED) is 0.469. The first kappa shape index (κ1) is 28.0. The van der Waals surface area contributed by atoms with E-state index in [4.69, 9.17) is 21.1 Å². The van der Waals surface area contributed by atoms with E-state index >= 15 is 0 Å². The van der Waals surface area contributed by atoms with Crippen LogP contribution < -0.4 is 25.8 Å². The smallest absolute Gasteiger partial charge is 0.410 e. The highest BCUT2D eigenvalue weighted by atomic mass is 35.5. The molecule has 0 aliphatic carbocycles. The Morgan fingerprint density at radius 2 is 1.79 bits per heavy atom. The van der Waals surface area contributed by atoms with Crippen LogP contribution in [-0.4, -0.2) is 76.9 Å². The van der Waals surface area contributed by atoms with Gasteiger partial charge in [-0.1, -0.05) is 11.6 Å². The maximum Gasteiger partial charge on any atom is 0.410 e. The Bertz CT molecular complexity index is 1450. The van der Waals surface area contributed by atoms with Gasteiger partial charge in [-0.05, 0) is 32.9 Å². The lowest BCUT2D eigenvalue weighted by molar-refractivity contribution is -0.122. The molecule has 4 heterocycles. The van der Waals surface area contributed by atoms with Crippen molar-refractivity contribution in [3.63, 3.8) is 0 Å². The molecule has 4 rings (SSSR count). The molecule has 1 aliphatic rings. The number of amides is 2. The van der Waals surface area contributed by atoms with Crippen molar-refractivity contribution in [2.75, 3.05) is 50.1 Å². The number of aryl methyl sites for hydroxylation is 1. The highest BCUT2D eigenvalue weighted by molar-refractivity contribution is 6.33. The maximum absolute atomic E-state index is 12.6. The molecule has 1 aliphatic heterocycles. The Morgan fingerprint density at radius 1 is 1.08 bits per heavy atom. The van der Waals surface area contributed by atoms with Crippen LogP contribution in [0.15, 0.2) is 35.4 Å². The van der Waals surface area contributed by atoms with Gasteiger partial charge in [-0.25, -0.2) is 14.8 Å². The number of piperazine rings is 1. The highest BCUT2D eigenvalue weighted by Crippen LogP contribution is 2.30. The molecule has 208 valence electrons. The van der Waals surface area contributed by atoms with E-state index in [0.29, 0.717) is 59.4 Å². The van der Waals surface area contributed by atoms with Gasteiger partial charge in [0.05, 0.1) is 28.8 Å². The molecule has 1 saturated heterocycles. The number of fused-ring (bicyclic) bond motifs is 1. The van der Waals surface area contributed by atoms with Crippen LogP contribution in [0.2, 0.25) is 5.02 Å². The number of carbonyl (C=O) groups is 2. The fraction of sp³-hybridized carbons (Fsp3) is 0.423. The van der Waals surface area contributed by atoms with Crippen molar-refractivity contribution in [3.8, 4) is 5.75 Å². The first-order valence-electron chi connectivity index (χ1n) is 12.4. The molecular weight excluding hydrogens is 526 g/mol.